The monoisotopic (exact) mass is 256 g/mol. The third kappa shape index (κ3) is 3.52. The summed E-state index contributed by atoms with van der Waals surface area (Å²) in [4.78, 5) is 3.46. The Balaban J connectivity index is 3.24. The average Bonchev–Trinajstić information content (AvgIpc) is 2.18. The van der Waals surface area contributed by atoms with Crippen LogP contribution in [0.4, 0.5) is 22.0 Å². The van der Waals surface area contributed by atoms with Crippen molar-refractivity contribution in [2.24, 2.45) is 5.73 Å². The molecule has 1 aromatic rings. The summed E-state index contributed by atoms with van der Waals surface area (Å²) < 4.78 is 64.8. The van der Waals surface area contributed by atoms with Gasteiger partial charge in [-0.1, -0.05) is 0 Å². The maximum Gasteiger partial charge on any atom is 0.573 e. The van der Waals surface area contributed by atoms with E-state index in [1.165, 1.54) is 0 Å². The van der Waals surface area contributed by atoms with E-state index >= 15 is 0 Å². The molecule has 0 bridgehead atoms. The zero-order valence-corrected chi connectivity index (χ0v) is 8.68. The Labute approximate surface area is 93.4 Å². The largest absolute Gasteiger partial charge is 0.573 e. The summed E-state index contributed by atoms with van der Waals surface area (Å²) in [7, 11) is 0. The number of aromatic nitrogens is 1. The fraction of sp³-hybridized carbons (Fsp3) is 0.444. The number of rotatable bonds is 3. The van der Waals surface area contributed by atoms with Gasteiger partial charge in [-0.15, -0.1) is 13.2 Å². The van der Waals surface area contributed by atoms with Gasteiger partial charge in [0.1, 0.15) is 11.4 Å². The van der Waals surface area contributed by atoms with E-state index in [4.69, 9.17) is 5.73 Å². The van der Waals surface area contributed by atoms with Crippen molar-refractivity contribution in [2.75, 3.05) is 0 Å². The number of hydrogen-bond acceptors (Lipinski definition) is 3. The molecular weight excluding hydrogens is 247 g/mol. The Morgan fingerprint density at radius 1 is 1.41 bits per heavy atom. The fourth-order valence-corrected chi connectivity index (χ4v) is 1.20. The first-order valence-corrected chi connectivity index (χ1v) is 4.49. The predicted molar refractivity (Wildman–Crippen MR) is 48.5 cm³/mol. The number of alkyl halides is 5. The Kier molecular flexibility index (Phi) is 3.87. The highest BCUT2D eigenvalue weighted by Crippen LogP contribution is 2.31. The quantitative estimate of drug-likeness (QED) is 0.846. The van der Waals surface area contributed by atoms with Crippen molar-refractivity contribution in [2.45, 2.75) is 26.3 Å². The van der Waals surface area contributed by atoms with Crippen LogP contribution in [0.2, 0.25) is 0 Å². The van der Waals surface area contributed by atoms with Gasteiger partial charge in [0.2, 0.25) is 0 Å². The van der Waals surface area contributed by atoms with Crippen LogP contribution in [0, 0.1) is 6.92 Å². The van der Waals surface area contributed by atoms with Gasteiger partial charge in [-0.25, -0.2) is 13.8 Å². The van der Waals surface area contributed by atoms with Crippen LogP contribution < -0.4 is 10.5 Å². The molecule has 0 fully saturated rings. The second-order valence-electron chi connectivity index (χ2n) is 3.17. The molecule has 8 heteroatoms. The van der Waals surface area contributed by atoms with Crippen LogP contribution in [0.1, 0.15) is 23.4 Å². The molecule has 0 amide bonds. The van der Waals surface area contributed by atoms with Crippen molar-refractivity contribution in [3.8, 4) is 5.75 Å². The van der Waals surface area contributed by atoms with Crippen molar-refractivity contribution in [3.05, 3.63) is 23.0 Å². The average molecular weight is 256 g/mol. The van der Waals surface area contributed by atoms with E-state index in [1.807, 2.05) is 0 Å². The van der Waals surface area contributed by atoms with Gasteiger partial charge in [0.05, 0.1) is 5.69 Å². The lowest BCUT2D eigenvalue weighted by molar-refractivity contribution is -0.274. The molecule has 0 aliphatic rings. The first kappa shape index (κ1) is 13.6. The van der Waals surface area contributed by atoms with Gasteiger partial charge in [0.15, 0.2) is 0 Å². The molecule has 0 aliphatic carbocycles. The second kappa shape index (κ2) is 4.82. The standard InChI is InChI=1S/C9H9F5N2O/c1-4-6(17-9(12,13)14)2-5(3-15)16-7(4)8(10)11/h2,8H,3,15H2,1H3. The Morgan fingerprint density at radius 2 is 2.00 bits per heavy atom. The van der Waals surface area contributed by atoms with Gasteiger partial charge >= 0.3 is 6.36 Å². The van der Waals surface area contributed by atoms with Gasteiger partial charge < -0.3 is 10.5 Å². The summed E-state index contributed by atoms with van der Waals surface area (Å²) in [5.74, 6) is -0.705. The first-order chi connectivity index (χ1) is 7.74. The molecule has 0 aromatic carbocycles. The molecule has 17 heavy (non-hydrogen) atoms. The predicted octanol–water partition coefficient (Wildman–Crippen LogP) is 2.68. The number of nitrogens with two attached hydrogens (primary N) is 1. The Hall–Kier alpha value is -1.44. The molecule has 3 nitrogen and oxygen atoms in total. The summed E-state index contributed by atoms with van der Waals surface area (Å²) >= 11 is 0. The summed E-state index contributed by atoms with van der Waals surface area (Å²) in [5, 5.41) is 0. The number of hydrogen-bond donors (Lipinski definition) is 1. The smallest absolute Gasteiger partial charge is 0.405 e. The van der Waals surface area contributed by atoms with Crippen LogP contribution in [-0.4, -0.2) is 11.3 Å². The third-order valence-corrected chi connectivity index (χ3v) is 1.96. The van der Waals surface area contributed by atoms with Crippen LogP contribution in [0.5, 0.6) is 5.75 Å². The Morgan fingerprint density at radius 3 is 2.41 bits per heavy atom. The molecule has 0 saturated carbocycles. The number of nitrogens with zero attached hydrogens (tertiary/aromatic N) is 1. The topological polar surface area (TPSA) is 48.1 Å². The van der Waals surface area contributed by atoms with E-state index in [0.717, 1.165) is 13.0 Å². The third-order valence-electron chi connectivity index (χ3n) is 1.96. The minimum atomic E-state index is -4.95. The number of halogens is 5. The molecule has 1 rings (SSSR count). The minimum Gasteiger partial charge on any atom is -0.405 e. The van der Waals surface area contributed by atoms with Gasteiger partial charge in [-0.3, -0.25) is 0 Å². The summed E-state index contributed by atoms with van der Waals surface area (Å²) in [6.45, 7) is 0.823. The van der Waals surface area contributed by atoms with E-state index in [-0.39, 0.29) is 17.8 Å². The summed E-state index contributed by atoms with van der Waals surface area (Å²) in [6, 6.07) is 0.898. The molecule has 1 heterocycles. The lowest BCUT2D eigenvalue weighted by Crippen LogP contribution is -2.19. The maximum absolute atomic E-state index is 12.5. The molecular formula is C9H9F5N2O. The normalized spacial score (nSPS) is 12.0. The van der Waals surface area contributed by atoms with E-state index in [0.29, 0.717) is 0 Å². The SMILES string of the molecule is Cc1c(OC(F)(F)F)cc(CN)nc1C(F)F. The second-order valence-corrected chi connectivity index (χ2v) is 3.17. The zero-order valence-electron chi connectivity index (χ0n) is 8.68. The maximum atomic E-state index is 12.5. The number of pyridine rings is 1. The van der Waals surface area contributed by atoms with Crippen LogP contribution in [0.3, 0.4) is 0 Å². The lowest BCUT2D eigenvalue weighted by Gasteiger charge is -2.14. The van der Waals surface area contributed by atoms with Crippen LogP contribution in [0.15, 0.2) is 6.07 Å². The lowest BCUT2D eigenvalue weighted by atomic mass is 10.1. The fourth-order valence-electron chi connectivity index (χ4n) is 1.20. The minimum absolute atomic E-state index is 0.0925. The highest BCUT2D eigenvalue weighted by molar-refractivity contribution is 5.38. The zero-order chi connectivity index (χ0) is 13.2. The molecule has 0 radical (unpaired) electrons. The molecule has 0 unspecified atom stereocenters. The van der Waals surface area contributed by atoms with Gasteiger partial charge in [0.25, 0.3) is 6.43 Å². The van der Waals surface area contributed by atoms with E-state index in [1.54, 1.807) is 0 Å². The van der Waals surface area contributed by atoms with Crippen molar-refractivity contribution in [1.82, 2.24) is 4.98 Å². The van der Waals surface area contributed by atoms with Crippen molar-refractivity contribution in [1.29, 1.82) is 0 Å². The summed E-state index contributed by atoms with van der Waals surface area (Å²) in [5.41, 5.74) is 3.96. The van der Waals surface area contributed by atoms with E-state index in [9.17, 15) is 22.0 Å². The molecule has 1 aromatic heterocycles. The molecule has 0 saturated heterocycles. The first-order valence-electron chi connectivity index (χ1n) is 4.49. The highest BCUT2D eigenvalue weighted by Gasteiger charge is 2.33. The van der Waals surface area contributed by atoms with Gasteiger partial charge in [0, 0.05) is 18.2 Å². The van der Waals surface area contributed by atoms with E-state index < -0.39 is 24.2 Å². The summed E-state index contributed by atoms with van der Waals surface area (Å²) in [6.07, 6.45) is -7.94. The van der Waals surface area contributed by atoms with Crippen molar-refractivity contribution < 1.29 is 26.7 Å². The van der Waals surface area contributed by atoms with Gasteiger partial charge in [-0.2, -0.15) is 0 Å². The van der Waals surface area contributed by atoms with Crippen molar-refractivity contribution in [3.63, 3.8) is 0 Å². The Bertz CT molecular complexity index is 405. The van der Waals surface area contributed by atoms with Crippen LogP contribution >= 0.6 is 0 Å². The van der Waals surface area contributed by atoms with Crippen LogP contribution in [0.25, 0.3) is 0 Å². The molecule has 0 atom stereocenters. The molecule has 96 valence electrons. The molecule has 0 aliphatic heterocycles. The molecule has 0 spiro atoms. The van der Waals surface area contributed by atoms with E-state index in [2.05, 4.69) is 9.72 Å². The number of ether oxygens (including phenoxy) is 1. The van der Waals surface area contributed by atoms with Gasteiger partial charge in [-0.05, 0) is 6.92 Å². The molecule has 2 N–H and O–H groups in total. The highest BCUT2D eigenvalue weighted by atomic mass is 19.4. The van der Waals surface area contributed by atoms with Crippen LogP contribution in [-0.2, 0) is 6.54 Å². The van der Waals surface area contributed by atoms with Crippen molar-refractivity contribution >= 4 is 0 Å².